The van der Waals surface area contributed by atoms with Crippen molar-refractivity contribution >= 4 is 0 Å². The van der Waals surface area contributed by atoms with E-state index in [1.165, 1.54) is 6.42 Å². The third-order valence-corrected chi connectivity index (χ3v) is 2.53. The summed E-state index contributed by atoms with van der Waals surface area (Å²) in [6, 6.07) is 0. The third-order valence-electron chi connectivity index (χ3n) is 2.53. The molecule has 66 valence electrons. The van der Waals surface area contributed by atoms with E-state index in [2.05, 4.69) is 34.6 Å². The van der Waals surface area contributed by atoms with E-state index in [0.717, 1.165) is 6.61 Å². The molecule has 0 amide bonds. The van der Waals surface area contributed by atoms with Gasteiger partial charge in [0.15, 0.2) is 0 Å². The van der Waals surface area contributed by atoms with Crippen molar-refractivity contribution in [1.82, 2.24) is 0 Å². The molecule has 0 aromatic carbocycles. The second-order valence-corrected chi connectivity index (χ2v) is 5.36. The highest BCUT2D eigenvalue weighted by Gasteiger charge is 2.42. The SMILES string of the molecule is CC(C)(C)[C@H]1OCCC1(C)C. The summed E-state index contributed by atoms with van der Waals surface area (Å²) < 4.78 is 5.73. The van der Waals surface area contributed by atoms with Crippen LogP contribution in [0.1, 0.15) is 41.0 Å². The van der Waals surface area contributed by atoms with E-state index in [4.69, 9.17) is 4.74 Å². The Morgan fingerprint density at radius 3 is 2.00 bits per heavy atom. The van der Waals surface area contributed by atoms with Crippen LogP contribution in [0.3, 0.4) is 0 Å². The molecular formula is C10H20O. The summed E-state index contributed by atoms with van der Waals surface area (Å²) in [6.45, 7) is 12.3. The fraction of sp³-hybridized carbons (Fsp3) is 1.00. The molecule has 0 N–H and O–H groups in total. The molecule has 0 spiro atoms. The molecule has 1 saturated heterocycles. The van der Waals surface area contributed by atoms with E-state index in [9.17, 15) is 0 Å². The van der Waals surface area contributed by atoms with Crippen LogP contribution in [0.5, 0.6) is 0 Å². The summed E-state index contributed by atoms with van der Waals surface area (Å²) >= 11 is 0. The van der Waals surface area contributed by atoms with E-state index in [0.29, 0.717) is 16.9 Å². The average molecular weight is 156 g/mol. The number of rotatable bonds is 0. The molecule has 1 heteroatoms. The lowest BCUT2D eigenvalue weighted by Gasteiger charge is -2.36. The van der Waals surface area contributed by atoms with Crippen LogP contribution in [-0.4, -0.2) is 12.7 Å². The zero-order chi connectivity index (χ0) is 8.70. The topological polar surface area (TPSA) is 9.23 Å². The largest absolute Gasteiger partial charge is 0.377 e. The van der Waals surface area contributed by atoms with Gasteiger partial charge in [-0.15, -0.1) is 0 Å². The smallest absolute Gasteiger partial charge is 0.0675 e. The highest BCUT2D eigenvalue weighted by Crippen LogP contribution is 2.42. The van der Waals surface area contributed by atoms with Crippen LogP contribution in [0, 0.1) is 10.8 Å². The Morgan fingerprint density at radius 1 is 1.27 bits per heavy atom. The van der Waals surface area contributed by atoms with E-state index in [-0.39, 0.29) is 0 Å². The van der Waals surface area contributed by atoms with Crippen LogP contribution >= 0.6 is 0 Å². The molecule has 0 bridgehead atoms. The standard InChI is InChI=1S/C10H20O/c1-9(2,3)8-10(4,5)6-7-11-8/h8H,6-7H2,1-5H3/t8-/m1/s1. The van der Waals surface area contributed by atoms with Crippen LogP contribution in [0.25, 0.3) is 0 Å². The minimum atomic E-state index is 0.292. The lowest BCUT2D eigenvalue weighted by molar-refractivity contribution is -0.0180. The predicted molar refractivity (Wildman–Crippen MR) is 47.6 cm³/mol. The zero-order valence-electron chi connectivity index (χ0n) is 8.40. The van der Waals surface area contributed by atoms with Crippen molar-refractivity contribution < 1.29 is 4.74 Å². The summed E-state index contributed by atoms with van der Waals surface area (Å²) in [7, 11) is 0. The number of hydrogen-bond acceptors (Lipinski definition) is 1. The van der Waals surface area contributed by atoms with Crippen LogP contribution in [0.2, 0.25) is 0 Å². The molecule has 0 unspecified atom stereocenters. The van der Waals surface area contributed by atoms with Gasteiger partial charge in [-0.1, -0.05) is 34.6 Å². The van der Waals surface area contributed by atoms with Gasteiger partial charge in [0.1, 0.15) is 0 Å². The molecule has 0 radical (unpaired) electrons. The number of ether oxygens (including phenoxy) is 1. The van der Waals surface area contributed by atoms with Crippen LogP contribution in [0.4, 0.5) is 0 Å². The maximum absolute atomic E-state index is 5.73. The van der Waals surface area contributed by atoms with Gasteiger partial charge in [-0.25, -0.2) is 0 Å². The minimum absolute atomic E-state index is 0.292. The zero-order valence-corrected chi connectivity index (χ0v) is 8.40. The molecule has 0 aromatic rings. The van der Waals surface area contributed by atoms with E-state index in [1.807, 2.05) is 0 Å². The maximum atomic E-state index is 5.73. The quantitative estimate of drug-likeness (QED) is 0.524. The first-order chi connectivity index (χ1) is 4.84. The molecule has 0 saturated carbocycles. The van der Waals surface area contributed by atoms with Crippen molar-refractivity contribution in [1.29, 1.82) is 0 Å². The molecule has 1 rings (SSSR count). The summed E-state index contributed by atoms with van der Waals surface area (Å²) in [5.74, 6) is 0. The highest BCUT2D eigenvalue weighted by atomic mass is 16.5. The summed E-state index contributed by atoms with van der Waals surface area (Å²) in [5.41, 5.74) is 0.665. The molecule has 0 aromatic heterocycles. The van der Waals surface area contributed by atoms with Crippen molar-refractivity contribution in [2.45, 2.75) is 47.1 Å². The van der Waals surface area contributed by atoms with Crippen molar-refractivity contribution in [3.63, 3.8) is 0 Å². The molecule has 11 heavy (non-hydrogen) atoms. The van der Waals surface area contributed by atoms with Gasteiger partial charge in [0, 0.05) is 6.61 Å². The van der Waals surface area contributed by atoms with Gasteiger partial charge in [0.25, 0.3) is 0 Å². The second kappa shape index (κ2) is 2.48. The Kier molecular flexibility index (Phi) is 2.04. The molecular weight excluding hydrogens is 136 g/mol. The van der Waals surface area contributed by atoms with Crippen molar-refractivity contribution in [2.75, 3.05) is 6.61 Å². The minimum Gasteiger partial charge on any atom is -0.377 e. The van der Waals surface area contributed by atoms with Gasteiger partial charge in [0.2, 0.25) is 0 Å². The van der Waals surface area contributed by atoms with E-state index < -0.39 is 0 Å². The normalized spacial score (nSPS) is 30.8. The summed E-state index contributed by atoms with van der Waals surface area (Å²) in [5, 5.41) is 0. The van der Waals surface area contributed by atoms with Gasteiger partial charge in [-0.3, -0.25) is 0 Å². The van der Waals surface area contributed by atoms with Gasteiger partial charge in [0.05, 0.1) is 6.10 Å². The van der Waals surface area contributed by atoms with Gasteiger partial charge in [-0.2, -0.15) is 0 Å². The third kappa shape index (κ3) is 1.76. The van der Waals surface area contributed by atoms with Crippen molar-refractivity contribution in [2.24, 2.45) is 10.8 Å². The fourth-order valence-corrected chi connectivity index (χ4v) is 2.22. The lowest BCUT2D eigenvalue weighted by atomic mass is 9.73. The van der Waals surface area contributed by atoms with Gasteiger partial charge >= 0.3 is 0 Å². The molecule has 1 atom stereocenters. The Balaban J connectivity index is 2.73. The molecule has 1 aliphatic heterocycles. The van der Waals surface area contributed by atoms with E-state index in [1.54, 1.807) is 0 Å². The molecule has 1 heterocycles. The average Bonchev–Trinajstić information content (AvgIpc) is 2.06. The Morgan fingerprint density at radius 2 is 1.82 bits per heavy atom. The van der Waals surface area contributed by atoms with Gasteiger partial charge < -0.3 is 4.74 Å². The molecule has 1 nitrogen and oxygen atoms in total. The Hall–Kier alpha value is -0.0400. The van der Waals surface area contributed by atoms with Gasteiger partial charge in [-0.05, 0) is 17.3 Å². The molecule has 1 fully saturated rings. The van der Waals surface area contributed by atoms with Crippen molar-refractivity contribution in [3.8, 4) is 0 Å². The summed E-state index contributed by atoms with van der Waals surface area (Å²) in [4.78, 5) is 0. The van der Waals surface area contributed by atoms with E-state index >= 15 is 0 Å². The first kappa shape index (κ1) is 9.05. The lowest BCUT2D eigenvalue weighted by Crippen LogP contribution is -2.36. The highest BCUT2D eigenvalue weighted by molar-refractivity contribution is 4.91. The predicted octanol–water partition coefficient (Wildman–Crippen LogP) is 2.85. The van der Waals surface area contributed by atoms with Crippen molar-refractivity contribution in [3.05, 3.63) is 0 Å². The first-order valence-corrected chi connectivity index (χ1v) is 4.46. The number of hydrogen-bond donors (Lipinski definition) is 0. The van der Waals surface area contributed by atoms with Crippen LogP contribution in [-0.2, 0) is 4.74 Å². The molecule has 1 aliphatic rings. The monoisotopic (exact) mass is 156 g/mol. The van der Waals surface area contributed by atoms with Crippen LogP contribution in [0.15, 0.2) is 0 Å². The van der Waals surface area contributed by atoms with Crippen LogP contribution < -0.4 is 0 Å². The first-order valence-electron chi connectivity index (χ1n) is 4.46. The summed E-state index contributed by atoms with van der Waals surface area (Å²) in [6.07, 6.45) is 1.63. The Bertz CT molecular complexity index is 141. The Labute approximate surface area is 70.1 Å². The fourth-order valence-electron chi connectivity index (χ4n) is 2.22. The second-order valence-electron chi connectivity index (χ2n) is 5.36. The maximum Gasteiger partial charge on any atom is 0.0675 e. The molecule has 0 aliphatic carbocycles.